The molecule has 1 aliphatic heterocycles. The average molecular weight is 188 g/mol. The zero-order valence-corrected chi connectivity index (χ0v) is 8.87. The number of hydrogen-bond acceptors (Lipinski definition) is 1. The van der Waals surface area contributed by atoms with E-state index in [1.165, 1.54) is 44.9 Å². The largest absolute Gasteiger partial charge is 0.259 e. The van der Waals surface area contributed by atoms with Crippen LogP contribution in [-0.4, -0.2) is 15.2 Å². The normalized spacial score (nSPS) is 27.4. The molecule has 2 heteroatoms. The highest BCUT2D eigenvalue weighted by atomic mass is 32.2. The van der Waals surface area contributed by atoms with Gasteiger partial charge in [0.2, 0.25) is 0 Å². The van der Waals surface area contributed by atoms with Crippen LogP contribution in [0.4, 0.5) is 0 Å². The predicted molar refractivity (Wildman–Crippen MR) is 54.8 cm³/mol. The van der Waals surface area contributed by atoms with Crippen LogP contribution in [0.25, 0.3) is 0 Å². The molecule has 12 heavy (non-hydrogen) atoms. The van der Waals surface area contributed by atoms with Crippen molar-refractivity contribution in [1.29, 1.82) is 0 Å². The Morgan fingerprint density at radius 2 is 1.75 bits per heavy atom. The molecule has 0 bridgehead atoms. The first-order valence-electron chi connectivity index (χ1n) is 5.21. The van der Waals surface area contributed by atoms with Crippen LogP contribution < -0.4 is 0 Å². The van der Waals surface area contributed by atoms with Gasteiger partial charge < -0.3 is 0 Å². The summed E-state index contributed by atoms with van der Waals surface area (Å²) in [5.74, 6) is 0.995. The fourth-order valence-electron chi connectivity index (χ4n) is 1.51. The van der Waals surface area contributed by atoms with Gasteiger partial charge in [0.1, 0.15) is 0 Å². The molecule has 2 unspecified atom stereocenters. The van der Waals surface area contributed by atoms with Crippen molar-refractivity contribution in [3.05, 3.63) is 0 Å². The highest BCUT2D eigenvalue weighted by molar-refractivity contribution is 7.92. The van der Waals surface area contributed by atoms with Gasteiger partial charge in [0.05, 0.1) is 0 Å². The summed E-state index contributed by atoms with van der Waals surface area (Å²) in [6, 6.07) is 0. The maximum absolute atomic E-state index is 10.8. The van der Waals surface area contributed by atoms with Crippen molar-refractivity contribution in [3.8, 4) is 0 Å². The number of rotatable bonds is 7. The number of unbranched alkanes of at least 4 members (excludes halogenated alkanes) is 5. The molecule has 1 rings (SSSR count). The van der Waals surface area contributed by atoms with Crippen molar-refractivity contribution in [2.75, 3.05) is 5.75 Å². The molecule has 0 aromatic carbocycles. The van der Waals surface area contributed by atoms with Gasteiger partial charge in [-0.2, -0.15) is 0 Å². The van der Waals surface area contributed by atoms with E-state index in [2.05, 4.69) is 6.92 Å². The molecule has 2 atom stereocenters. The standard InChI is InChI=1S/C10H20OS/c1-2-3-4-5-6-7-8-10-9-12(10)11/h10H,2-9H2,1H3. The summed E-state index contributed by atoms with van der Waals surface area (Å²) < 4.78 is 10.8. The van der Waals surface area contributed by atoms with E-state index in [0.717, 1.165) is 5.75 Å². The first-order valence-corrected chi connectivity index (χ1v) is 6.60. The Morgan fingerprint density at radius 3 is 2.33 bits per heavy atom. The fourth-order valence-corrected chi connectivity index (χ4v) is 2.56. The first kappa shape index (κ1) is 10.2. The van der Waals surface area contributed by atoms with Crippen molar-refractivity contribution < 1.29 is 4.21 Å². The molecular weight excluding hydrogens is 168 g/mol. The predicted octanol–water partition coefficient (Wildman–Crippen LogP) is 2.87. The zero-order valence-electron chi connectivity index (χ0n) is 8.05. The van der Waals surface area contributed by atoms with Crippen LogP contribution in [-0.2, 0) is 10.8 Å². The van der Waals surface area contributed by atoms with Crippen molar-refractivity contribution >= 4 is 10.8 Å². The average Bonchev–Trinajstić information content (AvgIpc) is 2.74. The van der Waals surface area contributed by atoms with Crippen LogP contribution in [0.15, 0.2) is 0 Å². The van der Waals surface area contributed by atoms with Gasteiger partial charge in [-0.25, -0.2) is 0 Å². The van der Waals surface area contributed by atoms with Gasteiger partial charge in [0.25, 0.3) is 0 Å². The summed E-state index contributed by atoms with van der Waals surface area (Å²) in [7, 11) is -0.408. The molecule has 0 N–H and O–H groups in total. The third-order valence-electron chi connectivity index (χ3n) is 2.49. The summed E-state index contributed by atoms with van der Waals surface area (Å²) in [6.45, 7) is 2.24. The second-order valence-electron chi connectivity index (χ2n) is 3.73. The van der Waals surface area contributed by atoms with Crippen molar-refractivity contribution in [2.24, 2.45) is 0 Å². The smallest absolute Gasteiger partial charge is 0.0463 e. The monoisotopic (exact) mass is 188 g/mol. The van der Waals surface area contributed by atoms with Gasteiger partial charge in [-0.3, -0.25) is 4.21 Å². The maximum atomic E-state index is 10.8. The second-order valence-corrected chi connectivity index (χ2v) is 5.49. The fraction of sp³-hybridized carbons (Fsp3) is 1.00. The molecular formula is C10H20OS. The molecule has 0 amide bonds. The summed E-state index contributed by atoms with van der Waals surface area (Å²) in [5.41, 5.74) is 0. The Bertz CT molecular complexity index is 145. The van der Waals surface area contributed by atoms with Crippen LogP contribution in [0.1, 0.15) is 51.9 Å². The van der Waals surface area contributed by atoms with Gasteiger partial charge in [-0.1, -0.05) is 45.4 Å². The molecule has 1 nitrogen and oxygen atoms in total. The zero-order chi connectivity index (χ0) is 8.81. The summed E-state index contributed by atoms with van der Waals surface area (Å²) in [6.07, 6.45) is 9.37. The molecule has 1 heterocycles. The molecule has 1 aliphatic rings. The van der Waals surface area contributed by atoms with Crippen molar-refractivity contribution in [2.45, 2.75) is 57.1 Å². The minimum atomic E-state index is -0.408. The van der Waals surface area contributed by atoms with Crippen LogP contribution in [0, 0.1) is 0 Å². The molecule has 1 saturated heterocycles. The van der Waals surface area contributed by atoms with Crippen molar-refractivity contribution in [1.82, 2.24) is 0 Å². The minimum Gasteiger partial charge on any atom is -0.259 e. The molecule has 0 aliphatic carbocycles. The lowest BCUT2D eigenvalue weighted by atomic mass is 10.1. The van der Waals surface area contributed by atoms with Gasteiger partial charge in [-0.05, 0) is 6.42 Å². The SMILES string of the molecule is CCCCCCCCC1CS1=O. The van der Waals surface area contributed by atoms with Gasteiger partial charge in [0, 0.05) is 21.8 Å². The highest BCUT2D eigenvalue weighted by Crippen LogP contribution is 2.22. The minimum absolute atomic E-state index is 0.408. The van der Waals surface area contributed by atoms with Crippen LogP contribution >= 0.6 is 0 Å². The lowest BCUT2D eigenvalue weighted by molar-refractivity contribution is 0.594. The molecule has 0 saturated carbocycles. The quantitative estimate of drug-likeness (QED) is 0.443. The van der Waals surface area contributed by atoms with Crippen LogP contribution in [0.3, 0.4) is 0 Å². The summed E-state index contributed by atoms with van der Waals surface area (Å²) in [5, 5.41) is 0.594. The van der Waals surface area contributed by atoms with Crippen LogP contribution in [0.5, 0.6) is 0 Å². The highest BCUT2D eigenvalue weighted by Gasteiger charge is 2.31. The van der Waals surface area contributed by atoms with E-state index < -0.39 is 10.8 Å². The van der Waals surface area contributed by atoms with E-state index in [9.17, 15) is 4.21 Å². The molecule has 1 fully saturated rings. The Kier molecular flexibility index (Phi) is 4.89. The third kappa shape index (κ3) is 4.24. The van der Waals surface area contributed by atoms with E-state index >= 15 is 0 Å². The molecule has 0 spiro atoms. The molecule has 0 aromatic heterocycles. The topological polar surface area (TPSA) is 17.1 Å². The number of hydrogen-bond donors (Lipinski definition) is 0. The van der Waals surface area contributed by atoms with Crippen molar-refractivity contribution in [3.63, 3.8) is 0 Å². The van der Waals surface area contributed by atoms with Gasteiger partial charge >= 0.3 is 0 Å². The molecule has 0 radical (unpaired) electrons. The lowest BCUT2D eigenvalue weighted by Crippen LogP contribution is -1.86. The lowest BCUT2D eigenvalue weighted by Gasteiger charge is -1.97. The first-order chi connectivity index (χ1) is 5.84. The summed E-state index contributed by atoms with van der Waals surface area (Å²) in [4.78, 5) is 0. The molecule has 72 valence electrons. The van der Waals surface area contributed by atoms with E-state index in [0.29, 0.717) is 5.25 Å². The summed E-state index contributed by atoms with van der Waals surface area (Å²) >= 11 is 0. The van der Waals surface area contributed by atoms with Gasteiger partial charge in [-0.15, -0.1) is 0 Å². The third-order valence-corrected chi connectivity index (χ3v) is 3.93. The van der Waals surface area contributed by atoms with E-state index in [-0.39, 0.29) is 0 Å². The second kappa shape index (κ2) is 5.74. The Morgan fingerprint density at radius 1 is 1.17 bits per heavy atom. The van der Waals surface area contributed by atoms with E-state index in [1.807, 2.05) is 0 Å². The van der Waals surface area contributed by atoms with E-state index in [4.69, 9.17) is 0 Å². The maximum Gasteiger partial charge on any atom is 0.0463 e. The van der Waals surface area contributed by atoms with Gasteiger partial charge in [0.15, 0.2) is 0 Å². The van der Waals surface area contributed by atoms with E-state index in [1.54, 1.807) is 0 Å². The molecule has 0 aromatic rings. The Hall–Kier alpha value is 0.150. The Labute approximate surface area is 78.4 Å². The Balaban J connectivity index is 1.74. The van der Waals surface area contributed by atoms with Crippen LogP contribution in [0.2, 0.25) is 0 Å².